The fraction of sp³-hybridized carbons (Fsp3) is 0.353. The number of carbonyl (C=O) groups excluding carboxylic acids is 1. The van der Waals surface area contributed by atoms with Gasteiger partial charge in [-0.1, -0.05) is 18.2 Å². The highest BCUT2D eigenvalue weighted by Gasteiger charge is 2.27. The topological polar surface area (TPSA) is 36.1 Å². The first-order valence-corrected chi connectivity index (χ1v) is 7.10. The summed E-state index contributed by atoms with van der Waals surface area (Å²) in [5.41, 5.74) is 5.38. The third-order valence-corrected chi connectivity index (χ3v) is 4.11. The van der Waals surface area contributed by atoms with Crippen LogP contribution in [0.5, 0.6) is 0 Å². The zero-order valence-electron chi connectivity index (χ0n) is 12.2. The average Bonchev–Trinajstić information content (AvgIpc) is 2.90. The van der Waals surface area contributed by atoms with E-state index in [-0.39, 0.29) is 5.78 Å². The minimum absolute atomic E-state index is 0.190. The Morgan fingerprint density at radius 1 is 1.35 bits per heavy atom. The molecule has 0 spiro atoms. The van der Waals surface area contributed by atoms with E-state index < -0.39 is 0 Å². The van der Waals surface area contributed by atoms with Gasteiger partial charge in [-0.05, 0) is 44.9 Å². The van der Waals surface area contributed by atoms with E-state index in [9.17, 15) is 4.79 Å². The van der Waals surface area contributed by atoms with Gasteiger partial charge in [0.1, 0.15) is 0 Å². The molecule has 0 fully saturated rings. The summed E-state index contributed by atoms with van der Waals surface area (Å²) < 4.78 is 0. The summed E-state index contributed by atoms with van der Waals surface area (Å²) in [5, 5.41) is 0. The number of hydrogen-bond donors (Lipinski definition) is 1. The lowest BCUT2D eigenvalue weighted by atomic mass is 10.1. The molecule has 0 radical (unpaired) electrons. The summed E-state index contributed by atoms with van der Waals surface area (Å²) >= 11 is 0. The molecule has 1 aliphatic heterocycles. The molecule has 1 atom stereocenters. The molecule has 1 unspecified atom stereocenters. The van der Waals surface area contributed by atoms with Crippen molar-refractivity contribution in [1.29, 1.82) is 0 Å². The molecule has 2 heterocycles. The minimum atomic E-state index is 0.190. The number of hydrogen-bond acceptors (Lipinski definition) is 2. The minimum Gasteiger partial charge on any atom is -0.362 e. The average molecular weight is 268 g/mol. The molecule has 1 aromatic carbocycles. The number of fused-ring (bicyclic) bond motifs is 1. The maximum atomic E-state index is 12.5. The number of H-pyrrole nitrogens is 1. The number of carbonyl (C=O) groups is 1. The summed E-state index contributed by atoms with van der Waals surface area (Å²) in [4.78, 5) is 18.0. The zero-order chi connectivity index (χ0) is 14.3. The normalized spacial score (nSPS) is 17.4. The first-order valence-electron chi connectivity index (χ1n) is 7.10. The van der Waals surface area contributed by atoms with Gasteiger partial charge in [-0.25, -0.2) is 0 Å². The van der Waals surface area contributed by atoms with Crippen LogP contribution in [0, 0.1) is 13.8 Å². The van der Waals surface area contributed by atoms with E-state index in [1.54, 1.807) is 0 Å². The highest BCUT2D eigenvalue weighted by Crippen LogP contribution is 2.31. The lowest BCUT2D eigenvalue weighted by Gasteiger charge is -2.24. The monoisotopic (exact) mass is 268 g/mol. The molecule has 0 saturated heterocycles. The highest BCUT2D eigenvalue weighted by atomic mass is 16.1. The van der Waals surface area contributed by atoms with E-state index in [1.165, 1.54) is 11.3 Å². The first kappa shape index (κ1) is 13.0. The van der Waals surface area contributed by atoms with Crippen LogP contribution in [-0.2, 0) is 6.42 Å². The zero-order valence-corrected chi connectivity index (χ0v) is 12.2. The van der Waals surface area contributed by atoms with Crippen LogP contribution in [-0.4, -0.2) is 23.4 Å². The molecule has 3 rings (SSSR count). The number of aromatic nitrogens is 1. The second-order valence-corrected chi connectivity index (χ2v) is 5.72. The van der Waals surface area contributed by atoms with E-state index in [0.29, 0.717) is 12.6 Å². The number of nitrogens with zero attached hydrogens (tertiary/aromatic N) is 1. The lowest BCUT2D eigenvalue weighted by Crippen LogP contribution is -2.34. The van der Waals surface area contributed by atoms with Crippen molar-refractivity contribution in [3.05, 3.63) is 52.8 Å². The van der Waals surface area contributed by atoms with Crippen molar-refractivity contribution in [2.24, 2.45) is 0 Å². The van der Waals surface area contributed by atoms with Gasteiger partial charge in [-0.15, -0.1) is 0 Å². The van der Waals surface area contributed by atoms with Gasteiger partial charge in [-0.2, -0.15) is 0 Å². The van der Waals surface area contributed by atoms with Crippen LogP contribution in [0.4, 0.5) is 5.69 Å². The molecule has 0 amide bonds. The summed E-state index contributed by atoms with van der Waals surface area (Å²) in [6.45, 7) is 6.58. The molecule has 3 nitrogen and oxygen atoms in total. The molecule has 0 saturated carbocycles. The highest BCUT2D eigenvalue weighted by molar-refractivity contribution is 6.00. The van der Waals surface area contributed by atoms with Crippen LogP contribution in [0.2, 0.25) is 0 Å². The van der Waals surface area contributed by atoms with Crippen LogP contribution in [0.3, 0.4) is 0 Å². The van der Waals surface area contributed by atoms with Gasteiger partial charge in [0.05, 0.1) is 6.54 Å². The van der Waals surface area contributed by atoms with E-state index in [4.69, 9.17) is 0 Å². The Morgan fingerprint density at radius 2 is 2.10 bits per heavy atom. The molecule has 1 aliphatic rings. The van der Waals surface area contributed by atoms with Crippen LogP contribution < -0.4 is 4.90 Å². The fourth-order valence-corrected chi connectivity index (χ4v) is 3.12. The molecular weight excluding hydrogens is 248 g/mol. The van der Waals surface area contributed by atoms with E-state index in [0.717, 1.165) is 23.4 Å². The number of Topliss-reactive ketones (excluding diaryl/α,β-unsaturated/α-hetero) is 1. The largest absolute Gasteiger partial charge is 0.362 e. The molecule has 20 heavy (non-hydrogen) atoms. The lowest BCUT2D eigenvalue weighted by molar-refractivity contribution is 0.0997. The van der Waals surface area contributed by atoms with Gasteiger partial charge in [0.25, 0.3) is 0 Å². The molecule has 1 aromatic heterocycles. The van der Waals surface area contributed by atoms with Gasteiger partial charge in [0, 0.05) is 28.7 Å². The van der Waals surface area contributed by atoms with Crippen molar-refractivity contribution in [3.63, 3.8) is 0 Å². The van der Waals surface area contributed by atoms with E-state index >= 15 is 0 Å². The maximum absolute atomic E-state index is 12.5. The Labute approximate surface area is 119 Å². The first-order chi connectivity index (χ1) is 9.56. The van der Waals surface area contributed by atoms with Crippen molar-refractivity contribution < 1.29 is 4.79 Å². The van der Waals surface area contributed by atoms with Crippen molar-refractivity contribution in [1.82, 2.24) is 4.98 Å². The maximum Gasteiger partial charge on any atom is 0.183 e. The van der Waals surface area contributed by atoms with Crippen molar-refractivity contribution in [3.8, 4) is 0 Å². The van der Waals surface area contributed by atoms with Crippen molar-refractivity contribution >= 4 is 11.5 Å². The number of rotatable bonds is 3. The van der Waals surface area contributed by atoms with Crippen molar-refractivity contribution in [2.45, 2.75) is 33.2 Å². The van der Waals surface area contributed by atoms with Gasteiger partial charge in [0.2, 0.25) is 0 Å². The second kappa shape index (κ2) is 4.82. The Hall–Kier alpha value is -2.03. The van der Waals surface area contributed by atoms with Crippen LogP contribution in [0.25, 0.3) is 0 Å². The van der Waals surface area contributed by atoms with E-state index in [1.807, 2.05) is 26.0 Å². The standard InChI is InChI=1S/C17H20N2O/c1-11-8-15(13(3)18-11)17(20)10-19-12(2)9-14-6-4-5-7-16(14)19/h4-8,12,18H,9-10H2,1-3H3. The Kier molecular flexibility index (Phi) is 3.13. The predicted octanol–water partition coefficient (Wildman–Crippen LogP) is 3.27. The van der Waals surface area contributed by atoms with Gasteiger partial charge in [-0.3, -0.25) is 4.79 Å². The Balaban J connectivity index is 1.85. The molecule has 104 valence electrons. The Morgan fingerprint density at radius 3 is 2.80 bits per heavy atom. The number of nitrogens with one attached hydrogen (secondary N) is 1. The predicted molar refractivity (Wildman–Crippen MR) is 81.6 cm³/mol. The molecule has 2 aromatic rings. The van der Waals surface area contributed by atoms with Crippen LogP contribution in [0.15, 0.2) is 30.3 Å². The van der Waals surface area contributed by atoms with E-state index in [2.05, 4.69) is 35.0 Å². The van der Waals surface area contributed by atoms with Gasteiger partial charge >= 0.3 is 0 Å². The Bertz CT molecular complexity index is 657. The molecule has 1 N–H and O–H groups in total. The second-order valence-electron chi connectivity index (χ2n) is 5.72. The van der Waals surface area contributed by atoms with Crippen molar-refractivity contribution in [2.75, 3.05) is 11.4 Å². The summed E-state index contributed by atoms with van der Waals surface area (Å²) in [6.07, 6.45) is 1.02. The number of ketones is 1. The SMILES string of the molecule is Cc1cc(C(=O)CN2c3ccccc3CC2C)c(C)[nH]1. The third kappa shape index (κ3) is 2.13. The summed E-state index contributed by atoms with van der Waals surface area (Å²) in [7, 11) is 0. The third-order valence-electron chi connectivity index (χ3n) is 4.11. The quantitative estimate of drug-likeness (QED) is 0.867. The molecule has 3 heteroatoms. The fourth-order valence-electron chi connectivity index (χ4n) is 3.12. The summed E-state index contributed by atoms with van der Waals surface area (Å²) in [5.74, 6) is 0.190. The van der Waals surface area contributed by atoms with Gasteiger partial charge in [0.15, 0.2) is 5.78 Å². The number of aryl methyl sites for hydroxylation is 2. The molecule has 0 aliphatic carbocycles. The van der Waals surface area contributed by atoms with Crippen LogP contribution >= 0.6 is 0 Å². The summed E-state index contributed by atoms with van der Waals surface area (Å²) in [6, 6.07) is 10.7. The number of para-hydroxylation sites is 1. The molecule has 0 bridgehead atoms. The van der Waals surface area contributed by atoms with Crippen LogP contribution in [0.1, 0.15) is 34.2 Å². The number of benzene rings is 1. The smallest absolute Gasteiger partial charge is 0.183 e. The number of anilines is 1. The number of aromatic amines is 1. The molecular formula is C17H20N2O. The van der Waals surface area contributed by atoms with Gasteiger partial charge < -0.3 is 9.88 Å².